The third-order valence-corrected chi connectivity index (χ3v) is 4.98. The number of benzene rings is 2. The molecule has 0 fully saturated rings. The van der Waals surface area contributed by atoms with Gasteiger partial charge in [0, 0.05) is 17.4 Å². The molecule has 0 spiro atoms. The number of amides is 2. The van der Waals surface area contributed by atoms with Gasteiger partial charge in [0.2, 0.25) is 0 Å². The number of hydrogen-bond donors (Lipinski definition) is 2. The fourth-order valence-electron chi connectivity index (χ4n) is 3.50. The molecule has 2 heterocycles. The second kappa shape index (κ2) is 8.02. The third kappa shape index (κ3) is 3.79. The molecule has 3 aromatic rings. The Labute approximate surface area is 178 Å². The van der Waals surface area contributed by atoms with E-state index in [-0.39, 0.29) is 18.6 Å². The maximum Gasteiger partial charge on any atom is 0.434 e. The first-order valence-corrected chi connectivity index (χ1v) is 9.35. The first kappa shape index (κ1) is 21.4. The van der Waals surface area contributed by atoms with Crippen molar-refractivity contribution in [2.75, 3.05) is 19.0 Å². The number of ether oxygens (including phenoxy) is 2. The van der Waals surface area contributed by atoms with E-state index in [1.54, 1.807) is 18.2 Å². The fraction of sp³-hybridized carbons (Fsp3) is 0.250. The molecule has 0 radical (unpaired) electrons. The summed E-state index contributed by atoms with van der Waals surface area (Å²) in [6, 6.07) is 5.05. The number of urea groups is 1. The zero-order valence-electron chi connectivity index (χ0n) is 16.5. The van der Waals surface area contributed by atoms with Crippen molar-refractivity contribution in [3.05, 3.63) is 53.5 Å². The lowest BCUT2D eigenvalue weighted by atomic mass is 9.98. The van der Waals surface area contributed by atoms with Gasteiger partial charge in [-0.1, -0.05) is 12.1 Å². The minimum Gasteiger partial charge on any atom is -0.490 e. The molecule has 2 aromatic carbocycles. The van der Waals surface area contributed by atoms with E-state index < -0.39 is 41.5 Å². The average molecular weight is 452 g/mol. The van der Waals surface area contributed by atoms with Crippen LogP contribution in [0.25, 0.3) is 10.9 Å². The summed E-state index contributed by atoms with van der Waals surface area (Å²) in [6.45, 7) is -0.0718. The van der Waals surface area contributed by atoms with Crippen molar-refractivity contribution in [1.29, 1.82) is 0 Å². The van der Waals surface area contributed by atoms with E-state index in [1.807, 2.05) is 0 Å². The number of fused-ring (bicyclic) bond motifs is 2. The van der Waals surface area contributed by atoms with Crippen molar-refractivity contribution in [3.8, 4) is 5.75 Å². The van der Waals surface area contributed by atoms with Crippen LogP contribution in [0.3, 0.4) is 0 Å². The molecule has 0 saturated carbocycles. The van der Waals surface area contributed by atoms with E-state index in [0.717, 1.165) is 10.7 Å². The Bertz CT molecular complexity index is 1210. The smallest absolute Gasteiger partial charge is 0.434 e. The Kier molecular flexibility index (Phi) is 5.36. The van der Waals surface area contributed by atoms with E-state index in [0.29, 0.717) is 22.7 Å². The fourth-order valence-corrected chi connectivity index (χ4v) is 3.50. The molecule has 4 rings (SSSR count). The first-order chi connectivity index (χ1) is 15.2. The van der Waals surface area contributed by atoms with Crippen LogP contribution >= 0.6 is 0 Å². The molecular formula is C20H16F4N4O4. The van der Waals surface area contributed by atoms with Crippen LogP contribution in [0.4, 0.5) is 32.8 Å². The number of nitrogens with one attached hydrogen (secondary N) is 2. The lowest BCUT2D eigenvalue weighted by molar-refractivity contribution is -0.140. The number of rotatable bonds is 2. The summed E-state index contributed by atoms with van der Waals surface area (Å²) in [7, 11) is 1.21. The molecular weight excluding hydrogens is 436 g/mol. The number of anilines is 1. The number of carbonyl (C=O) groups is 2. The summed E-state index contributed by atoms with van der Waals surface area (Å²) in [4.78, 5) is 24.4. The molecule has 0 bridgehead atoms. The molecule has 1 aliphatic heterocycles. The van der Waals surface area contributed by atoms with Crippen molar-refractivity contribution in [3.63, 3.8) is 0 Å². The second-order valence-electron chi connectivity index (χ2n) is 6.90. The highest BCUT2D eigenvalue weighted by molar-refractivity contribution is 6.02. The topological polar surface area (TPSA) is 94.5 Å². The minimum atomic E-state index is -4.87. The zero-order chi connectivity index (χ0) is 23.0. The molecule has 2 N–H and O–H groups in total. The van der Waals surface area contributed by atoms with Gasteiger partial charge < -0.3 is 20.1 Å². The van der Waals surface area contributed by atoms with Gasteiger partial charge in [-0.3, -0.25) is 0 Å². The Morgan fingerprint density at radius 1 is 1.25 bits per heavy atom. The Balaban J connectivity index is 1.56. The highest BCUT2D eigenvalue weighted by Crippen LogP contribution is 2.41. The quantitative estimate of drug-likeness (QED) is 0.560. The highest BCUT2D eigenvalue weighted by Gasteiger charge is 2.38. The molecule has 2 amide bonds. The van der Waals surface area contributed by atoms with Gasteiger partial charge in [-0.2, -0.15) is 23.0 Å². The van der Waals surface area contributed by atoms with Crippen molar-refractivity contribution < 1.29 is 36.6 Å². The summed E-state index contributed by atoms with van der Waals surface area (Å²) < 4.78 is 64.0. The molecule has 1 aliphatic rings. The zero-order valence-corrected chi connectivity index (χ0v) is 16.5. The van der Waals surface area contributed by atoms with E-state index in [2.05, 4.69) is 20.5 Å². The average Bonchev–Trinajstić information content (AvgIpc) is 3.18. The summed E-state index contributed by atoms with van der Waals surface area (Å²) in [6.07, 6.45) is -3.97. The second-order valence-corrected chi connectivity index (χ2v) is 6.90. The van der Waals surface area contributed by atoms with Crippen LogP contribution in [0, 0.1) is 5.82 Å². The van der Waals surface area contributed by atoms with Gasteiger partial charge in [0.25, 0.3) is 0 Å². The number of methoxy groups -OCH3 is 1. The molecule has 1 unspecified atom stereocenters. The van der Waals surface area contributed by atoms with Crippen LogP contribution in [0.2, 0.25) is 0 Å². The van der Waals surface area contributed by atoms with Gasteiger partial charge in [0.1, 0.15) is 0 Å². The van der Waals surface area contributed by atoms with Crippen molar-refractivity contribution in [1.82, 2.24) is 15.1 Å². The van der Waals surface area contributed by atoms with Crippen LogP contribution < -0.4 is 15.4 Å². The lowest BCUT2D eigenvalue weighted by Gasteiger charge is -2.28. The first-order valence-electron chi connectivity index (χ1n) is 9.35. The molecule has 0 saturated heterocycles. The lowest BCUT2D eigenvalue weighted by Crippen LogP contribution is -2.35. The van der Waals surface area contributed by atoms with Gasteiger partial charge in [-0.15, -0.1) is 0 Å². The van der Waals surface area contributed by atoms with E-state index in [1.165, 1.54) is 13.3 Å². The summed E-state index contributed by atoms with van der Waals surface area (Å²) >= 11 is 0. The SMILES string of the molecule is COC(=O)n1ncc2c(NC(=O)NC3CCOc4c3ccc(C(F)(F)F)c4F)cccc21. The maximum atomic E-state index is 14.4. The molecule has 8 nitrogen and oxygen atoms in total. The standard InChI is InChI=1S/C20H16F4N4O4/c1-31-19(30)28-15-4-2-3-13(11(15)9-25-28)26-18(29)27-14-7-8-32-17-10(14)5-6-12(16(17)21)20(22,23)24/h2-6,9,14H,7-8H2,1H3,(H2,26,27,29). The monoisotopic (exact) mass is 452 g/mol. The number of halogens is 4. The molecule has 1 aromatic heterocycles. The summed E-state index contributed by atoms with van der Waals surface area (Å²) in [5.74, 6) is -2.04. The van der Waals surface area contributed by atoms with Crippen LogP contribution in [-0.4, -0.2) is 35.6 Å². The normalized spacial score (nSPS) is 15.6. The predicted molar refractivity (Wildman–Crippen MR) is 104 cm³/mol. The van der Waals surface area contributed by atoms with Gasteiger partial charge in [-0.25, -0.2) is 14.0 Å². The number of hydrogen-bond acceptors (Lipinski definition) is 5. The Morgan fingerprint density at radius 2 is 2.03 bits per heavy atom. The van der Waals surface area contributed by atoms with E-state index in [9.17, 15) is 27.2 Å². The summed E-state index contributed by atoms with van der Waals surface area (Å²) in [5, 5.41) is 9.63. The number of carbonyl (C=O) groups excluding carboxylic acids is 2. The van der Waals surface area contributed by atoms with Crippen molar-refractivity contribution >= 4 is 28.7 Å². The van der Waals surface area contributed by atoms with Gasteiger partial charge >= 0.3 is 18.3 Å². The van der Waals surface area contributed by atoms with Crippen LogP contribution in [0.15, 0.2) is 36.5 Å². The van der Waals surface area contributed by atoms with Crippen LogP contribution in [0.5, 0.6) is 5.75 Å². The molecule has 1 atom stereocenters. The number of nitrogens with zero attached hydrogens (tertiary/aromatic N) is 2. The largest absolute Gasteiger partial charge is 0.490 e. The van der Waals surface area contributed by atoms with Crippen molar-refractivity contribution in [2.24, 2.45) is 0 Å². The van der Waals surface area contributed by atoms with E-state index >= 15 is 0 Å². The summed E-state index contributed by atoms with van der Waals surface area (Å²) in [5.41, 5.74) is -0.599. The highest BCUT2D eigenvalue weighted by atomic mass is 19.4. The maximum absolute atomic E-state index is 14.4. The van der Waals surface area contributed by atoms with Gasteiger partial charge in [0.15, 0.2) is 11.6 Å². The molecule has 32 heavy (non-hydrogen) atoms. The van der Waals surface area contributed by atoms with Crippen molar-refractivity contribution in [2.45, 2.75) is 18.6 Å². The van der Waals surface area contributed by atoms with E-state index in [4.69, 9.17) is 4.74 Å². The molecule has 168 valence electrons. The number of alkyl halides is 3. The Hall–Kier alpha value is -3.83. The van der Waals surface area contributed by atoms with Gasteiger partial charge in [0.05, 0.1) is 42.7 Å². The van der Waals surface area contributed by atoms with Gasteiger partial charge in [-0.05, 0) is 18.2 Å². The number of aromatic nitrogens is 2. The predicted octanol–water partition coefficient (Wildman–Crippen LogP) is 4.45. The minimum absolute atomic E-state index is 0.0718. The Morgan fingerprint density at radius 3 is 2.75 bits per heavy atom. The molecule has 12 heteroatoms. The molecule has 0 aliphatic carbocycles. The van der Waals surface area contributed by atoms with Crippen LogP contribution in [-0.2, 0) is 10.9 Å². The van der Waals surface area contributed by atoms with Crippen LogP contribution in [0.1, 0.15) is 23.6 Å². The third-order valence-electron chi connectivity index (χ3n) is 4.98.